The van der Waals surface area contributed by atoms with E-state index >= 15 is 0 Å². The van der Waals surface area contributed by atoms with Gasteiger partial charge in [0.15, 0.2) is 0 Å². The Morgan fingerprint density at radius 2 is 1.73 bits per heavy atom. The molecule has 0 unspecified atom stereocenters. The third kappa shape index (κ3) is 1.61. The van der Waals surface area contributed by atoms with Crippen LogP contribution in [0.3, 0.4) is 0 Å². The number of aryl methyl sites for hydroxylation is 3. The minimum absolute atomic E-state index is 0.316. The van der Waals surface area contributed by atoms with Crippen molar-refractivity contribution in [3.63, 3.8) is 0 Å². The average molecular weight is 267 g/mol. The lowest BCUT2D eigenvalue weighted by atomic mass is 10.0. The topological polar surface area (TPSA) is 30.2 Å². The van der Waals surface area contributed by atoms with Crippen molar-refractivity contribution in [2.45, 2.75) is 20.8 Å². The van der Waals surface area contributed by atoms with Crippen LogP contribution in [0.2, 0.25) is 0 Å². The van der Waals surface area contributed by atoms with E-state index in [0.717, 1.165) is 16.5 Å². The second-order valence-corrected chi connectivity index (χ2v) is 4.55. The van der Waals surface area contributed by atoms with Gasteiger partial charge >= 0.3 is 5.63 Å². The Labute approximate surface area is 96.0 Å². The van der Waals surface area contributed by atoms with Gasteiger partial charge in [0, 0.05) is 5.39 Å². The molecule has 1 heterocycles. The second-order valence-electron chi connectivity index (χ2n) is 3.76. The average Bonchev–Trinajstić information content (AvgIpc) is 2.19. The van der Waals surface area contributed by atoms with Crippen LogP contribution in [0, 0.1) is 20.8 Å². The lowest BCUT2D eigenvalue weighted by Gasteiger charge is -2.06. The molecule has 0 saturated carbocycles. The van der Waals surface area contributed by atoms with Crippen molar-refractivity contribution in [2.75, 3.05) is 0 Å². The zero-order valence-electron chi connectivity index (χ0n) is 8.85. The van der Waals surface area contributed by atoms with E-state index in [0.29, 0.717) is 10.1 Å². The molecule has 1 aromatic carbocycles. The van der Waals surface area contributed by atoms with Crippen molar-refractivity contribution in [1.82, 2.24) is 0 Å². The number of hydrogen-bond acceptors (Lipinski definition) is 2. The number of hydrogen-bond donors (Lipinski definition) is 0. The summed E-state index contributed by atoms with van der Waals surface area (Å²) in [5.74, 6) is 0. The van der Waals surface area contributed by atoms with Gasteiger partial charge in [0.2, 0.25) is 0 Å². The summed E-state index contributed by atoms with van der Waals surface area (Å²) in [6.07, 6.45) is 0. The van der Waals surface area contributed by atoms with Crippen LogP contribution in [0.4, 0.5) is 0 Å². The molecule has 0 amide bonds. The lowest BCUT2D eigenvalue weighted by Crippen LogP contribution is -2.02. The molecular formula is C12H11BrO2. The first-order valence-corrected chi connectivity index (χ1v) is 5.50. The van der Waals surface area contributed by atoms with Crippen molar-refractivity contribution < 1.29 is 4.42 Å². The smallest absolute Gasteiger partial charge is 0.350 e. The van der Waals surface area contributed by atoms with Gasteiger partial charge in [-0.2, -0.15) is 0 Å². The fourth-order valence-corrected chi connectivity index (χ4v) is 1.88. The van der Waals surface area contributed by atoms with Crippen LogP contribution < -0.4 is 5.63 Å². The van der Waals surface area contributed by atoms with Crippen LogP contribution in [0.25, 0.3) is 11.0 Å². The van der Waals surface area contributed by atoms with Crippen LogP contribution in [-0.4, -0.2) is 0 Å². The van der Waals surface area contributed by atoms with E-state index in [4.69, 9.17) is 4.42 Å². The molecule has 0 spiro atoms. The van der Waals surface area contributed by atoms with Crippen molar-refractivity contribution in [2.24, 2.45) is 0 Å². The fourth-order valence-electron chi connectivity index (χ4n) is 1.58. The maximum atomic E-state index is 11.4. The molecule has 0 saturated heterocycles. The quantitative estimate of drug-likeness (QED) is 0.684. The van der Waals surface area contributed by atoms with Crippen LogP contribution >= 0.6 is 15.9 Å². The third-order valence-corrected chi connectivity index (χ3v) is 3.63. The summed E-state index contributed by atoms with van der Waals surface area (Å²) in [5.41, 5.74) is 3.61. The molecule has 0 aliphatic rings. The monoisotopic (exact) mass is 266 g/mol. The summed E-state index contributed by atoms with van der Waals surface area (Å²) in [6.45, 7) is 5.97. The molecule has 2 aromatic rings. The van der Waals surface area contributed by atoms with E-state index < -0.39 is 0 Å². The first-order chi connectivity index (χ1) is 7.00. The van der Waals surface area contributed by atoms with Gasteiger partial charge < -0.3 is 4.42 Å². The zero-order valence-corrected chi connectivity index (χ0v) is 10.4. The normalized spacial score (nSPS) is 10.9. The lowest BCUT2D eigenvalue weighted by molar-refractivity contribution is 0.555. The van der Waals surface area contributed by atoms with Crippen LogP contribution in [0.15, 0.2) is 25.8 Å². The summed E-state index contributed by atoms with van der Waals surface area (Å²) in [4.78, 5) is 11.4. The Hall–Kier alpha value is -1.09. The van der Waals surface area contributed by atoms with E-state index in [1.165, 1.54) is 5.56 Å². The third-order valence-electron chi connectivity index (χ3n) is 2.71. The Bertz CT molecular complexity index is 597. The molecule has 0 radical (unpaired) electrons. The Kier molecular flexibility index (Phi) is 2.43. The van der Waals surface area contributed by atoms with E-state index in [9.17, 15) is 4.79 Å². The molecule has 78 valence electrons. The molecule has 15 heavy (non-hydrogen) atoms. The summed E-state index contributed by atoms with van der Waals surface area (Å²) < 4.78 is 5.72. The minimum atomic E-state index is -0.316. The molecule has 0 fully saturated rings. The molecule has 0 bridgehead atoms. The predicted octanol–water partition coefficient (Wildman–Crippen LogP) is 3.48. The highest BCUT2D eigenvalue weighted by Gasteiger charge is 2.09. The van der Waals surface area contributed by atoms with Crippen molar-refractivity contribution >= 4 is 26.9 Å². The molecule has 0 atom stereocenters. The Morgan fingerprint density at radius 1 is 1.13 bits per heavy atom. The summed E-state index contributed by atoms with van der Waals surface area (Å²) in [7, 11) is 0. The van der Waals surface area contributed by atoms with Gasteiger partial charge in [-0.25, -0.2) is 4.79 Å². The van der Waals surface area contributed by atoms with E-state index in [1.807, 2.05) is 32.9 Å². The molecule has 3 heteroatoms. The maximum Gasteiger partial charge on any atom is 0.350 e. The Morgan fingerprint density at radius 3 is 2.40 bits per heavy atom. The molecule has 0 N–H and O–H groups in total. The standard InChI is InChI=1S/C12H11BrO2/c1-6-4-9-8(3)11(13)12(14)15-10(9)5-7(6)2/h4-5H,1-3H3. The van der Waals surface area contributed by atoms with Gasteiger partial charge in [0.1, 0.15) is 10.1 Å². The second kappa shape index (κ2) is 3.49. The number of benzene rings is 1. The van der Waals surface area contributed by atoms with Gasteiger partial charge in [0.05, 0.1) is 0 Å². The fraction of sp³-hybridized carbons (Fsp3) is 0.250. The summed E-state index contributed by atoms with van der Waals surface area (Å²) >= 11 is 3.24. The van der Waals surface area contributed by atoms with Crippen molar-refractivity contribution in [3.8, 4) is 0 Å². The highest BCUT2D eigenvalue weighted by molar-refractivity contribution is 9.10. The largest absolute Gasteiger partial charge is 0.422 e. The first-order valence-electron chi connectivity index (χ1n) is 4.71. The maximum absolute atomic E-state index is 11.4. The first kappa shape index (κ1) is 10.4. The van der Waals surface area contributed by atoms with E-state index in [-0.39, 0.29) is 5.63 Å². The summed E-state index contributed by atoms with van der Waals surface area (Å²) in [6, 6.07) is 3.96. The van der Waals surface area contributed by atoms with Gasteiger partial charge in [-0.1, -0.05) is 0 Å². The number of halogens is 1. The van der Waals surface area contributed by atoms with Crippen LogP contribution in [-0.2, 0) is 0 Å². The van der Waals surface area contributed by atoms with Gasteiger partial charge in [-0.3, -0.25) is 0 Å². The highest BCUT2D eigenvalue weighted by Crippen LogP contribution is 2.25. The van der Waals surface area contributed by atoms with Crippen molar-refractivity contribution in [1.29, 1.82) is 0 Å². The number of fused-ring (bicyclic) bond motifs is 1. The van der Waals surface area contributed by atoms with E-state index in [2.05, 4.69) is 15.9 Å². The van der Waals surface area contributed by atoms with E-state index in [1.54, 1.807) is 0 Å². The summed E-state index contributed by atoms with van der Waals surface area (Å²) in [5, 5.41) is 0.990. The van der Waals surface area contributed by atoms with Gasteiger partial charge in [-0.05, 0) is 65.5 Å². The molecule has 1 aromatic heterocycles. The van der Waals surface area contributed by atoms with Gasteiger partial charge in [0.25, 0.3) is 0 Å². The molecule has 2 rings (SSSR count). The molecule has 0 aliphatic carbocycles. The van der Waals surface area contributed by atoms with Crippen LogP contribution in [0.5, 0.6) is 0 Å². The minimum Gasteiger partial charge on any atom is -0.422 e. The predicted molar refractivity (Wildman–Crippen MR) is 64.4 cm³/mol. The number of rotatable bonds is 0. The highest BCUT2D eigenvalue weighted by atomic mass is 79.9. The Balaban J connectivity index is 3.00. The van der Waals surface area contributed by atoms with Crippen molar-refractivity contribution in [3.05, 3.63) is 43.7 Å². The molecule has 0 aliphatic heterocycles. The molecule has 2 nitrogen and oxygen atoms in total. The zero-order chi connectivity index (χ0) is 11.2. The SMILES string of the molecule is Cc1cc2oc(=O)c(Br)c(C)c2cc1C. The van der Waals surface area contributed by atoms with Gasteiger partial charge in [-0.15, -0.1) is 0 Å². The molecular weight excluding hydrogens is 256 g/mol. The van der Waals surface area contributed by atoms with Crippen LogP contribution in [0.1, 0.15) is 16.7 Å².